The van der Waals surface area contributed by atoms with Gasteiger partial charge in [-0.3, -0.25) is 9.59 Å². The van der Waals surface area contributed by atoms with E-state index in [4.69, 9.17) is 0 Å². The number of Topliss-reactive ketones (excluding diaryl/α,β-unsaturated/α-hetero) is 2. The maximum absolute atomic E-state index is 12.9. The first-order valence-electron chi connectivity index (χ1n) is 10.0. The first-order valence-corrected chi connectivity index (χ1v) is 12.5. The van der Waals surface area contributed by atoms with E-state index in [2.05, 4.69) is 4.98 Å². The molecular weight excluding hydrogens is 432 g/mol. The Morgan fingerprint density at radius 1 is 1.00 bits per heavy atom. The van der Waals surface area contributed by atoms with Gasteiger partial charge in [0.1, 0.15) is 0 Å². The summed E-state index contributed by atoms with van der Waals surface area (Å²) in [5.74, 6) is -0.442. The van der Waals surface area contributed by atoms with E-state index in [1.165, 1.54) is 21.8 Å². The van der Waals surface area contributed by atoms with Crippen LogP contribution in [0.1, 0.15) is 49.7 Å². The predicted octanol–water partition coefficient (Wildman–Crippen LogP) is 3.73. The van der Waals surface area contributed by atoms with Crippen LogP contribution in [-0.4, -0.2) is 41.6 Å². The third kappa shape index (κ3) is 5.33. The molecule has 6 nitrogen and oxygen atoms in total. The lowest BCUT2D eigenvalue weighted by Crippen LogP contribution is -2.25. The van der Waals surface area contributed by atoms with Crippen LogP contribution in [0, 0.1) is 0 Å². The second kappa shape index (κ2) is 9.21. The summed E-state index contributed by atoms with van der Waals surface area (Å²) >= 11 is 1.21. The summed E-state index contributed by atoms with van der Waals surface area (Å²) in [6.07, 6.45) is 2.50. The van der Waals surface area contributed by atoms with Gasteiger partial charge in [0.25, 0.3) is 0 Å². The van der Waals surface area contributed by atoms with Gasteiger partial charge in [-0.05, 0) is 41.7 Å². The second-order valence-electron chi connectivity index (χ2n) is 7.56. The standard InChI is InChI=1S/C23H22N2O4S2/c26-21(15-22(27)23-24-7-9-30-23)20-13-18(11-17-5-2-1-3-6-17)12-19(14-20)16-25-8-4-10-31(25,28)29/h1-3,5-7,9,12-14H,4,8,10-11,15-16H2. The molecule has 2 heterocycles. The van der Waals surface area contributed by atoms with Crippen LogP contribution in [0.15, 0.2) is 60.1 Å². The van der Waals surface area contributed by atoms with Gasteiger partial charge in [0.15, 0.2) is 16.6 Å². The average molecular weight is 455 g/mol. The Kier molecular flexibility index (Phi) is 6.41. The van der Waals surface area contributed by atoms with E-state index in [0.717, 1.165) is 16.7 Å². The number of carbonyl (C=O) groups excluding carboxylic acids is 2. The lowest BCUT2D eigenvalue weighted by molar-refractivity contribution is 0.0894. The summed E-state index contributed by atoms with van der Waals surface area (Å²) in [7, 11) is -3.25. The van der Waals surface area contributed by atoms with E-state index in [0.29, 0.717) is 30.0 Å². The smallest absolute Gasteiger partial charge is 0.214 e. The number of hydrogen-bond acceptors (Lipinski definition) is 6. The van der Waals surface area contributed by atoms with Crippen molar-refractivity contribution < 1.29 is 18.0 Å². The van der Waals surface area contributed by atoms with Crippen molar-refractivity contribution in [2.24, 2.45) is 0 Å². The highest BCUT2D eigenvalue weighted by atomic mass is 32.2. The first-order chi connectivity index (χ1) is 14.9. The molecule has 0 saturated carbocycles. The van der Waals surface area contributed by atoms with Crippen molar-refractivity contribution in [3.05, 3.63) is 87.4 Å². The minimum atomic E-state index is -3.25. The molecule has 4 rings (SSSR count). The zero-order valence-electron chi connectivity index (χ0n) is 16.9. The molecule has 2 aromatic carbocycles. The number of ketones is 2. The molecule has 1 aliphatic rings. The molecule has 0 bridgehead atoms. The van der Waals surface area contributed by atoms with Crippen molar-refractivity contribution in [2.45, 2.75) is 25.8 Å². The van der Waals surface area contributed by atoms with Gasteiger partial charge in [-0.1, -0.05) is 36.4 Å². The maximum Gasteiger partial charge on any atom is 0.214 e. The second-order valence-corrected chi connectivity index (χ2v) is 10.5. The number of benzene rings is 2. The van der Waals surface area contributed by atoms with Crippen LogP contribution >= 0.6 is 11.3 Å². The lowest BCUT2D eigenvalue weighted by Gasteiger charge is -2.16. The van der Waals surface area contributed by atoms with E-state index >= 15 is 0 Å². The zero-order chi connectivity index (χ0) is 21.8. The number of nitrogens with zero attached hydrogens (tertiary/aromatic N) is 2. The Hall–Kier alpha value is -2.68. The minimum absolute atomic E-state index is 0.158. The van der Waals surface area contributed by atoms with Gasteiger partial charge in [-0.2, -0.15) is 4.31 Å². The molecule has 1 fully saturated rings. The van der Waals surface area contributed by atoms with Gasteiger partial charge in [0.2, 0.25) is 10.0 Å². The van der Waals surface area contributed by atoms with E-state index in [1.807, 2.05) is 36.4 Å². The summed E-state index contributed by atoms with van der Waals surface area (Å²) in [5.41, 5.74) is 3.17. The Balaban J connectivity index is 1.62. The van der Waals surface area contributed by atoms with Gasteiger partial charge in [0.05, 0.1) is 12.2 Å². The molecule has 1 aliphatic heterocycles. The average Bonchev–Trinajstić information content (AvgIpc) is 3.39. The maximum atomic E-state index is 12.9. The number of carbonyl (C=O) groups is 2. The summed E-state index contributed by atoms with van der Waals surface area (Å²) in [6.45, 7) is 0.711. The van der Waals surface area contributed by atoms with Gasteiger partial charge in [-0.25, -0.2) is 13.4 Å². The fourth-order valence-corrected chi connectivity index (χ4v) is 5.79. The third-order valence-corrected chi connectivity index (χ3v) is 7.90. The van der Waals surface area contributed by atoms with Crippen LogP contribution in [0.3, 0.4) is 0 Å². The molecule has 0 N–H and O–H groups in total. The molecule has 31 heavy (non-hydrogen) atoms. The molecule has 0 aliphatic carbocycles. The Labute approximate surface area is 185 Å². The normalized spacial score (nSPS) is 15.7. The fraction of sp³-hybridized carbons (Fsp3) is 0.261. The monoisotopic (exact) mass is 454 g/mol. The Morgan fingerprint density at radius 2 is 1.77 bits per heavy atom. The Bertz CT molecular complexity index is 1190. The van der Waals surface area contributed by atoms with Gasteiger partial charge < -0.3 is 0 Å². The summed E-state index contributed by atoms with van der Waals surface area (Å²) in [4.78, 5) is 29.2. The molecule has 1 aromatic heterocycles. The quantitative estimate of drug-likeness (QED) is 0.383. The van der Waals surface area contributed by atoms with Crippen molar-refractivity contribution >= 4 is 32.9 Å². The molecule has 0 amide bonds. The highest BCUT2D eigenvalue weighted by Gasteiger charge is 2.28. The molecule has 0 radical (unpaired) electrons. The van der Waals surface area contributed by atoms with Gasteiger partial charge >= 0.3 is 0 Å². The van der Waals surface area contributed by atoms with E-state index in [1.54, 1.807) is 17.5 Å². The largest absolute Gasteiger partial charge is 0.294 e. The van der Waals surface area contributed by atoms with Crippen LogP contribution in [0.4, 0.5) is 0 Å². The summed E-state index contributed by atoms with van der Waals surface area (Å²) in [5, 5.41) is 2.02. The number of aromatic nitrogens is 1. The molecule has 0 spiro atoms. The Morgan fingerprint density at radius 3 is 2.45 bits per heavy atom. The van der Waals surface area contributed by atoms with Crippen LogP contribution in [0.2, 0.25) is 0 Å². The first kappa shape index (κ1) is 21.5. The van der Waals surface area contributed by atoms with E-state index in [-0.39, 0.29) is 30.3 Å². The van der Waals surface area contributed by atoms with Gasteiger partial charge in [-0.15, -0.1) is 11.3 Å². The van der Waals surface area contributed by atoms with Crippen LogP contribution < -0.4 is 0 Å². The molecular formula is C23H22N2O4S2. The highest BCUT2D eigenvalue weighted by molar-refractivity contribution is 7.89. The summed E-state index contributed by atoms with van der Waals surface area (Å²) in [6, 6.07) is 15.3. The van der Waals surface area contributed by atoms with Crippen molar-refractivity contribution in [1.29, 1.82) is 0 Å². The topological polar surface area (TPSA) is 84.4 Å². The fourth-order valence-electron chi connectivity index (χ4n) is 3.71. The van der Waals surface area contributed by atoms with Crippen molar-refractivity contribution in [3.63, 3.8) is 0 Å². The molecule has 160 valence electrons. The zero-order valence-corrected chi connectivity index (χ0v) is 18.5. The predicted molar refractivity (Wildman–Crippen MR) is 120 cm³/mol. The van der Waals surface area contributed by atoms with E-state index < -0.39 is 10.0 Å². The number of thiazole rings is 1. The van der Waals surface area contributed by atoms with Crippen LogP contribution in [0.25, 0.3) is 0 Å². The third-order valence-electron chi connectivity index (χ3n) is 5.18. The minimum Gasteiger partial charge on any atom is -0.294 e. The van der Waals surface area contributed by atoms with Crippen LogP contribution in [-0.2, 0) is 23.0 Å². The SMILES string of the molecule is O=C(CC(=O)c1nccs1)c1cc(Cc2ccccc2)cc(CN2CCCS2(=O)=O)c1. The molecule has 0 unspecified atom stereocenters. The molecule has 1 saturated heterocycles. The van der Waals surface area contributed by atoms with Crippen molar-refractivity contribution in [1.82, 2.24) is 9.29 Å². The summed E-state index contributed by atoms with van der Waals surface area (Å²) < 4.78 is 26.0. The molecule has 3 aromatic rings. The van der Waals surface area contributed by atoms with Crippen molar-refractivity contribution in [2.75, 3.05) is 12.3 Å². The molecule has 0 atom stereocenters. The van der Waals surface area contributed by atoms with Crippen LogP contribution in [0.5, 0.6) is 0 Å². The highest BCUT2D eigenvalue weighted by Crippen LogP contribution is 2.22. The molecule has 8 heteroatoms. The van der Waals surface area contributed by atoms with Crippen molar-refractivity contribution in [3.8, 4) is 0 Å². The number of hydrogen-bond donors (Lipinski definition) is 0. The van der Waals surface area contributed by atoms with Gasteiger partial charge in [0, 0.05) is 30.2 Å². The number of rotatable bonds is 8. The lowest BCUT2D eigenvalue weighted by atomic mass is 9.96. The number of sulfonamides is 1. The van der Waals surface area contributed by atoms with E-state index in [9.17, 15) is 18.0 Å².